The van der Waals surface area contributed by atoms with E-state index in [9.17, 15) is 9.90 Å². The molecule has 1 fully saturated rings. The monoisotopic (exact) mass is 262 g/mol. The van der Waals surface area contributed by atoms with E-state index in [0.717, 1.165) is 25.7 Å². The second-order valence-corrected chi connectivity index (χ2v) is 5.14. The van der Waals surface area contributed by atoms with Gasteiger partial charge in [-0.2, -0.15) is 0 Å². The molecular weight excluding hydrogens is 240 g/mol. The van der Waals surface area contributed by atoms with E-state index >= 15 is 0 Å². The van der Waals surface area contributed by atoms with Crippen molar-refractivity contribution >= 4 is 11.6 Å². The standard InChI is InChI=1S/C15H22N2O2/c16-13-6-4-5-12(11-13)15(19)17(9-10-18)14-7-2-1-3-8-14/h4-6,11,14,18H,1-3,7-10,16H2. The normalized spacial score (nSPS) is 16.3. The minimum absolute atomic E-state index is 0.00452. The van der Waals surface area contributed by atoms with Crippen molar-refractivity contribution in [2.24, 2.45) is 0 Å². The molecule has 0 saturated heterocycles. The molecule has 1 aliphatic rings. The van der Waals surface area contributed by atoms with Gasteiger partial charge in [-0.1, -0.05) is 25.3 Å². The van der Waals surface area contributed by atoms with E-state index in [0.29, 0.717) is 17.8 Å². The summed E-state index contributed by atoms with van der Waals surface area (Å²) in [5.74, 6) is -0.0201. The van der Waals surface area contributed by atoms with Crippen molar-refractivity contribution in [3.05, 3.63) is 29.8 Å². The molecule has 0 aromatic heterocycles. The van der Waals surface area contributed by atoms with Gasteiger partial charge in [0.25, 0.3) is 5.91 Å². The minimum atomic E-state index is -0.0201. The Hall–Kier alpha value is -1.55. The number of hydrogen-bond donors (Lipinski definition) is 2. The van der Waals surface area contributed by atoms with E-state index in [1.165, 1.54) is 6.42 Å². The molecule has 104 valence electrons. The lowest BCUT2D eigenvalue weighted by atomic mass is 9.93. The molecule has 1 aromatic carbocycles. The van der Waals surface area contributed by atoms with E-state index in [1.54, 1.807) is 24.3 Å². The van der Waals surface area contributed by atoms with Crippen molar-refractivity contribution in [1.82, 2.24) is 4.90 Å². The molecule has 2 rings (SSSR count). The van der Waals surface area contributed by atoms with Crippen molar-refractivity contribution in [3.8, 4) is 0 Å². The smallest absolute Gasteiger partial charge is 0.254 e. The quantitative estimate of drug-likeness (QED) is 0.816. The topological polar surface area (TPSA) is 66.6 Å². The summed E-state index contributed by atoms with van der Waals surface area (Å²) >= 11 is 0. The van der Waals surface area contributed by atoms with Crippen LogP contribution in [-0.2, 0) is 0 Å². The van der Waals surface area contributed by atoms with Crippen LogP contribution < -0.4 is 5.73 Å². The van der Waals surface area contributed by atoms with Crippen LogP contribution in [0.25, 0.3) is 0 Å². The molecule has 4 nitrogen and oxygen atoms in total. The van der Waals surface area contributed by atoms with E-state index in [2.05, 4.69) is 0 Å². The molecule has 0 atom stereocenters. The Labute approximate surface area is 114 Å². The third kappa shape index (κ3) is 3.47. The Morgan fingerprint density at radius 3 is 2.68 bits per heavy atom. The van der Waals surface area contributed by atoms with Crippen LogP contribution in [0.2, 0.25) is 0 Å². The third-order valence-corrected chi connectivity index (χ3v) is 3.75. The highest BCUT2D eigenvalue weighted by Crippen LogP contribution is 2.24. The first kappa shape index (κ1) is 13.9. The third-order valence-electron chi connectivity index (χ3n) is 3.75. The number of nitrogens with two attached hydrogens (primary N) is 1. The number of amides is 1. The highest BCUT2D eigenvalue weighted by molar-refractivity contribution is 5.95. The van der Waals surface area contributed by atoms with Gasteiger partial charge < -0.3 is 15.7 Å². The molecule has 1 amide bonds. The predicted molar refractivity (Wildman–Crippen MR) is 75.8 cm³/mol. The molecule has 0 bridgehead atoms. The second-order valence-electron chi connectivity index (χ2n) is 5.14. The summed E-state index contributed by atoms with van der Waals surface area (Å²) in [6.45, 7) is 0.406. The molecule has 1 aliphatic carbocycles. The highest BCUT2D eigenvalue weighted by atomic mass is 16.3. The van der Waals surface area contributed by atoms with E-state index in [-0.39, 0.29) is 18.6 Å². The highest BCUT2D eigenvalue weighted by Gasteiger charge is 2.25. The van der Waals surface area contributed by atoms with E-state index < -0.39 is 0 Å². The molecule has 1 saturated carbocycles. The lowest BCUT2D eigenvalue weighted by Gasteiger charge is -2.34. The van der Waals surface area contributed by atoms with Crippen LogP contribution in [0.5, 0.6) is 0 Å². The van der Waals surface area contributed by atoms with Crippen LogP contribution in [0.1, 0.15) is 42.5 Å². The number of carbonyl (C=O) groups excluding carboxylic acids is 1. The van der Waals surface area contributed by atoms with Gasteiger partial charge in [0.1, 0.15) is 0 Å². The predicted octanol–water partition coefficient (Wildman–Crippen LogP) is 2.04. The van der Waals surface area contributed by atoms with Crippen molar-refractivity contribution in [2.45, 2.75) is 38.1 Å². The van der Waals surface area contributed by atoms with Gasteiger partial charge >= 0.3 is 0 Å². The SMILES string of the molecule is Nc1cccc(C(=O)N(CCO)C2CCCCC2)c1. The number of benzene rings is 1. The summed E-state index contributed by atoms with van der Waals surface area (Å²) in [5, 5.41) is 9.20. The van der Waals surface area contributed by atoms with Gasteiger partial charge in [0.05, 0.1) is 6.61 Å². The Bertz CT molecular complexity index is 428. The Balaban J connectivity index is 2.15. The lowest BCUT2D eigenvalue weighted by molar-refractivity contribution is 0.0585. The number of nitrogens with zero attached hydrogens (tertiary/aromatic N) is 1. The Morgan fingerprint density at radius 1 is 1.32 bits per heavy atom. The van der Waals surface area contributed by atoms with Crippen molar-refractivity contribution in [3.63, 3.8) is 0 Å². The maximum Gasteiger partial charge on any atom is 0.254 e. The molecule has 0 aliphatic heterocycles. The maximum absolute atomic E-state index is 12.5. The van der Waals surface area contributed by atoms with E-state index in [1.807, 2.05) is 4.90 Å². The molecule has 0 unspecified atom stereocenters. The van der Waals surface area contributed by atoms with Crippen LogP contribution in [-0.4, -0.2) is 35.1 Å². The fourth-order valence-electron chi connectivity index (χ4n) is 2.79. The first-order valence-corrected chi connectivity index (χ1v) is 6.99. The molecule has 3 N–H and O–H groups in total. The van der Waals surface area contributed by atoms with Crippen LogP contribution in [0.15, 0.2) is 24.3 Å². The van der Waals surface area contributed by atoms with Gasteiger partial charge in [-0.3, -0.25) is 4.79 Å². The molecule has 0 heterocycles. The molecule has 0 radical (unpaired) electrons. The molecular formula is C15H22N2O2. The second kappa shape index (κ2) is 6.57. The number of carbonyl (C=O) groups is 1. The zero-order chi connectivity index (χ0) is 13.7. The Kier molecular flexibility index (Phi) is 4.80. The number of nitrogen functional groups attached to an aromatic ring is 1. The number of rotatable bonds is 4. The molecule has 4 heteroatoms. The zero-order valence-corrected chi connectivity index (χ0v) is 11.2. The van der Waals surface area contributed by atoms with Gasteiger partial charge in [0.15, 0.2) is 0 Å². The van der Waals surface area contributed by atoms with Gasteiger partial charge in [0, 0.05) is 23.8 Å². The van der Waals surface area contributed by atoms with Gasteiger partial charge in [-0.25, -0.2) is 0 Å². The van der Waals surface area contributed by atoms with E-state index in [4.69, 9.17) is 5.73 Å². The molecule has 0 spiro atoms. The largest absolute Gasteiger partial charge is 0.399 e. The molecule has 1 aromatic rings. The van der Waals surface area contributed by atoms with Crippen LogP contribution in [0, 0.1) is 0 Å². The van der Waals surface area contributed by atoms with Crippen molar-refractivity contribution in [2.75, 3.05) is 18.9 Å². The fraction of sp³-hybridized carbons (Fsp3) is 0.533. The number of aliphatic hydroxyl groups is 1. The fourth-order valence-corrected chi connectivity index (χ4v) is 2.79. The summed E-state index contributed by atoms with van der Waals surface area (Å²) in [6, 6.07) is 7.31. The van der Waals surface area contributed by atoms with Gasteiger partial charge in [-0.15, -0.1) is 0 Å². The maximum atomic E-state index is 12.5. The average Bonchev–Trinajstić information content (AvgIpc) is 2.45. The number of hydrogen-bond acceptors (Lipinski definition) is 3. The summed E-state index contributed by atoms with van der Waals surface area (Å²) in [4.78, 5) is 14.4. The van der Waals surface area contributed by atoms with Crippen molar-refractivity contribution < 1.29 is 9.90 Å². The van der Waals surface area contributed by atoms with Crippen LogP contribution in [0.3, 0.4) is 0 Å². The van der Waals surface area contributed by atoms with Crippen LogP contribution >= 0.6 is 0 Å². The minimum Gasteiger partial charge on any atom is -0.399 e. The zero-order valence-electron chi connectivity index (χ0n) is 11.2. The Morgan fingerprint density at radius 2 is 2.05 bits per heavy atom. The summed E-state index contributed by atoms with van der Waals surface area (Å²) < 4.78 is 0. The first-order valence-electron chi connectivity index (χ1n) is 6.99. The number of aliphatic hydroxyl groups excluding tert-OH is 1. The summed E-state index contributed by atoms with van der Waals surface area (Å²) in [5.41, 5.74) is 6.93. The van der Waals surface area contributed by atoms with Crippen LogP contribution in [0.4, 0.5) is 5.69 Å². The first-order chi connectivity index (χ1) is 9.22. The summed E-state index contributed by atoms with van der Waals surface area (Å²) in [6.07, 6.45) is 5.64. The number of anilines is 1. The van der Waals surface area contributed by atoms with Gasteiger partial charge in [-0.05, 0) is 31.0 Å². The van der Waals surface area contributed by atoms with Gasteiger partial charge in [0.2, 0.25) is 0 Å². The molecule has 19 heavy (non-hydrogen) atoms. The van der Waals surface area contributed by atoms with Crippen molar-refractivity contribution in [1.29, 1.82) is 0 Å². The lowest BCUT2D eigenvalue weighted by Crippen LogP contribution is -2.43. The summed E-state index contributed by atoms with van der Waals surface area (Å²) in [7, 11) is 0. The average molecular weight is 262 g/mol.